The van der Waals surface area contributed by atoms with Crippen molar-refractivity contribution >= 4 is 15.9 Å². The lowest BCUT2D eigenvalue weighted by molar-refractivity contribution is 0.331. The maximum atomic E-state index is 4.02. The molecule has 8 rings (SSSR count). The third-order valence-electron chi connectivity index (χ3n) is 10.3. The fourth-order valence-electron chi connectivity index (χ4n) is 8.51. The van der Waals surface area contributed by atoms with Crippen LogP contribution >= 0.6 is 15.9 Å². The van der Waals surface area contributed by atoms with Crippen molar-refractivity contribution in [3.8, 4) is 11.1 Å². The maximum absolute atomic E-state index is 4.02. The molecule has 0 radical (unpaired) electrons. The minimum Gasteiger partial charge on any atom is -0.0620 e. The van der Waals surface area contributed by atoms with E-state index in [1.54, 1.807) is 22.3 Å². The van der Waals surface area contributed by atoms with E-state index < -0.39 is 0 Å². The molecule has 3 atom stereocenters. The molecule has 4 aliphatic carbocycles. The summed E-state index contributed by atoms with van der Waals surface area (Å²) in [5.74, 6) is 0.863. The number of halogens is 1. The number of hydrogen-bond acceptors (Lipinski definition) is 0. The molecule has 0 bridgehead atoms. The van der Waals surface area contributed by atoms with Crippen LogP contribution in [0.1, 0.15) is 96.9 Å². The van der Waals surface area contributed by atoms with Crippen LogP contribution in [0.25, 0.3) is 11.1 Å². The lowest BCUT2D eigenvalue weighted by Crippen LogP contribution is -2.52. The second kappa shape index (κ2) is 6.62. The molecule has 0 N–H and O–H groups in total. The average molecular weight is 532 g/mol. The second-order valence-electron chi connectivity index (χ2n) is 12.9. The Kier molecular flexibility index (Phi) is 3.94. The van der Waals surface area contributed by atoms with Crippen LogP contribution < -0.4 is 0 Å². The highest BCUT2D eigenvalue weighted by molar-refractivity contribution is 9.10. The molecule has 0 fully saturated rings. The molecule has 4 aromatic rings. The van der Waals surface area contributed by atoms with E-state index >= 15 is 0 Å². The number of fused-ring (bicyclic) bond motifs is 8. The zero-order valence-electron chi connectivity index (χ0n) is 21.5. The molecule has 178 valence electrons. The van der Waals surface area contributed by atoms with Gasteiger partial charge in [0.2, 0.25) is 0 Å². The van der Waals surface area contributed by atoms with Gasteiger partial charge in [0.15, 0.2) is 0 Å². The Morgan fingerprint density at radius 3 is 1.86 bits per heavy atom. The molecular weight excluding hydrogens is 500 g/mol. The van der Waals surface area contributed by atoms with Gasteiger partial charge in [-0.1, -0.05) is 116 Å². The predicted molar refractivity (Wildman–Crippen MR) is 152 cm³/mol. The van der Waals surface area contributed by atoms with Crippen molar-refractivity contribution in [2.45, 2.75) is 68.6 Å². The molecule has 0 aliphatic heterocycles. The molecule has 3 unspecified atom stereocenters. The lowest BCUT2D eigenvalue weighted by Gasteiger charge is -2.58. The first-order valence-corrected chi connectivity index (χ1v) is 14.2. The van der Waals surface area contributed by atoms with Crippen molar-refractivity contribution < 1.29 is 0 Å². The van der Waals surface area contributed by atoms with Crippen molar-refractivity contribution in [2.24, 2.45) is 0 Å². The Morgan fingerprint density at radius 2 is 1.19 bits per heavy atom. The minimum absolute atomic E-state index is 0.101. The molecule has 0 nitrogen and oxygen atoms in total. The molecule has 0 saturated heterocycles. The van der Waals surface area contributed by atoms with E-state index in [4.69, 9.17) is 0 Å². The lowest BCUT2D eigenvalue weighted by atomic mass is 9.43. The van der Waals surface area contributed by atoms with Gasteiger partial charge in [0, 0.05) is 21.7 Å². The Balaban J connectivity index is 1.40. The Bertz CT molecular complexity index is 1620. The number of benzene rings is 4. The average Bonchev–Trinajstić information content (AvgIpc) is 3.08. The van der Waals surface area contributed by atoms with Gasteiger partial charge in [-0.15, -0.1) is 0 Å². The molecular formula is C35H31Br. The van der Waals surface area contributed by atoms with Gasteiger partial charge in [-0.05, 0) is 85.4 Å². The van der Waals surface area contributed by atoms with Crippen LogP contribution in [0.2, 0.25) is 0 Å². The monoisotopic (exact) mass is 530 g/mol. The summed E-state index contributed by atoms with van der Waals surface area (Å²) in [6.07, 6.45) is 2.49. The fraction of sp³-hybridized carbons (Fsp3) is 0.314. The fourth-order valence-corrected chi connectivity index (χ4v) is 9.08. The van der Waals surface area contributed by atoms with Gasteiger partial charge < -0.3 is 0 Å². The Morgan fingerprint density at radius 1 is 0.611 bits per heavy atom. The van der Waals surface area contributed by atoms with Crippen LogP contribution in [0.4, 0.5) is 0 Å². The first-order valence-electron chi connectivity index (χ1n) is 13.4. The van der Waals surface area contributed by atoms with Crippen molar-refractivity contribution in [3.63, 3.8) is 0 Å². The van der Waals surface area contributed by atoms with Gasteiger partial charge in [0.05, 0.1) is 0 Å². The Hall–Kier alpha value is -2.64. The van der Waals surface area contributed by atoms with Gasteiger partial charge in [0.25, 0.3) is 0 Å². The number of rotatable bonds is 1. The summed E-state index contributed by atoms with van der Waals surface area (Å²) in [6.45, 7) is 9.71. The summed E-state index contributed by atoms with van der Waals surface area (Å²) >= 11 is 4.02. The molecule has 0 aromatic heterocycles. The largest absolute Gasteiger partial charge is 0.0620 e. The van der Waals surface area contributed by atoms with E-state index in [1.165, 1.54) is 50.7 Å². The van der Waals surface area contributed by atoms with Gasteiger partial charge in [0.1, 0.15) is 0 Å². The molecule has 0 heterocycles. The molecule has 0 amide bonds. The highest BCUT2D eigenvalue weighted by Crippen LogP contribution is 2.78. The summed E-state index contributed by atoms with van der Waals surface area (Å²) in [5, 5.41) is 0. The smallest absolute Gasteiger partial charge is 0.0427 e. The zero-order valence-corrected chi connectivity index (χ0v) is 23.0. The van der Waals surface area contributed by atoms with E-state index in [0.29, 0.717) is 11.8 Å². The molecule has 4 aromatic carbocycles. The first kappa shape index (κ1) is 21.4. The zero-order chi connectivity index (χ0) is 24.6. The summed E-state index contributed by atoms with van der Waals surface area (Å²) in [6, 6.07) is 30.5. The van der Waals surface area contributed by atoms with E-state index in [0.717, 1.165) is 0 Å². The van der Waals surface area contributed by atoms with Crippen LogP contribution in [-0.2, 0) is 16.2 Å². The van der Waals surface area contributed by atoms with Crippen molar-refractivity contribution in [1.29, 1.82) is 0 Å². The maximum Gasteiger partial charge on any atom is 0.0427 e. The minimum atomic E-state index is 0.101. The van der Waals surface area contributed by atoms with Crippen LogP contribution in [-0.4, -0.2) is 0 Å². The standard InChI is InChI=1S/C35H31Br/c1-33(2)17-18-34(3,4)27-19-20(13-15-26(27)33)21-14-16-28(36)30-29(21)31-22-9-5-7-11-24(22)35(31)25-12-8-6-10-23(25)32(30)35/h5-16,19,31-32H,17-18H2,1-4H3. The van der Waals surface area contributed by atoms with Gasteiger partial charge >= 0.3 is 0 Å². The topological polar surface area (TPSA) is 0 Å². The predicted octanol–water partition coefficient (Wildman–Crippen LogP) is 9.36. The van der Waals surface area contributed by atoms with E-state index in [2.05, 4.69) is 122 Å². The van der Waals surface area contributed by atoms with Crippen LogP contribution in [0.5, 0.6) is 0 Å². The third-order valence-corrected chi connectivity index (χ3v) is 11.0. The van der Waals surface area contributed by atoms with E-state index in [1.807, 2.05) is 0 Å². The van der Waals surface area contributed by atoms with Gasteiger partial charge in [-0.2, -0.15) is 0 Å². The van der Waals surface area contributed by atoms with Crippen molar-refractivity contribution in [2.75, 3.05) is 0 Å². The van der Waals surface area contributed by atoms with Crippen molar-refractivity contribution in [3.05, 3.63) is 128 Å². The summed E-state index contributed by atoms with van der Waals surface area (Å²) < 4.78 is 1.26. The Labute approximate surface area is 222 Å². The summed E-state index contributed by atoms with van der Waals surface area (Å²) in [7, 11) is 0. The SMILES string of the molecule is CC1(C)CCC(C)(C)c2cc(-c3ccc(Br)c4c3C3c5ccccc5C35c3ccccc3C45)ccc21. The summed E-state index contributed by atoms with van der Waals surface area (Å²) in [5.41, 5.74) is 15.6. The van der Waals surface area contributed by atoms with Crippen molar-refractivity contribution in [1.82, 2.24) is 0 Å². The molecule has 1 heteroatoms. The molecule has 0 saturated carbocycles. The first-order chi connectivity index (χ1) is 17.3. The molecule has 1 spiro atoms. The van der Waals surface area contributed by atoms with Gasteiger partial charge in [-0.3, -0.25) is 0 Å². The van der Waals surface area contributed by atoms with Crippen LogP contribution in [0.3, 0.4) is 0 Å². The normalized spacial score (nSPS) is 26.8. The van der Waals surface area contributed by atoms with E-state index in [-0.39, 0.29) is 16.2 Å². The quantitative estimate of drug-likeness (QED) is 0.230. The highest BCUT2D eigenvalue weighted by Gasteiger charge is 2.70. The van der Waals surface area contributed by atoms with Gasteiger partial charge in [-0.25, -0.2) is 0 Å². The summed E-state index contributed by atoms with van der Waals surface area (Å²) in [4.78, 5) is 0. The molecule has 4 aliphatic rings. The second-order valence-corrected chi connectivity index (χ2v) is 13.7. The van der Waals surface area contributed by atoms with E-state index in [9.17, 15) is 0 Å². The third kappa shape index (κ3) is 2.29. The van der Waals surface area contributed by atoms with Crippen LogP contribution in [0.15, 0.2) is 83.3 Å². The van der Waals surface area contributed by atoms with Crippen LogP contribution in [0, 0.1) is 0 Å². The molecule has 36 heavy (non-hydrogen) atoms. The highest BCUT2D eigenvalue weighted by atomic mass is 79.9. The number of hydrogen-bond donors (Lipinski definition) is 0.